The normalized spacial score (nSPS) is 18.9. The van der Waals surface area contributed by atoms with Gasteiger partial charge in [-0.1, -0.05) is 6.92 Å². The highest BCUT2D eigenvalue weighted by Crippen LogP contribution is 2.32. The number of guanidine groups is 1. The number of hydrogen-bond donors (Lipinski definition) is 1. The third-order valence-electron chi connectivity index (χ3n) is 5.60. The minimum atomic E-state index is -0.448. The van der Waals surface area contributed by atoms with E-state index in [1.54, 1.807) is 0 Å². The summed E-state index contributed by atoms with van der Waals surface area (Å²) in [6, 6.07) is 0.260. The van der Waals surface area contributed by atoms with Crippen molar-refractivity contribution >= 4 is 12.1 Å². The number of carbonyl (C=O) groups is 1. The highest BCUT2D eigenvalue weighted by molar-refractivity contribution is 5.80. The molecule has 0 bridgehead atoms. The van der Waals surface area contributed by atoms with Gasteiger partial charge in [0.2, 0.25) is 0 Å². The van der Waals surface area contributed by atoms with Crippen molar-refractivity contribution in [2.75, 3.05) is 52.9 Å². The van der Waals surface area contributed by atoms with Gasteiger partial charge >= 0.3 is 6.09 Å². The molecule has 1 amide bonds. The Morgan fingerprint density at radius 3 is 2.34 bits per heavy atom. The van der Waals surface area contributed by atoms with Crippen molar-refractivity contribution in [3.8, 4) is 0 Å². The molecule has 168 valence electrons. The molecule has 0 aromatic heterocycles. The number of piperidine rings is 1. The Balaban J connectivity index is 1.94. The smallest absolute Gasteiger partial charge is 0.410 e. The third-order valence-corrected chi connectivity index (χ3v) is 5.60. The molecule has 2 aliphatic rings. The molecular formula is C22H43N5O2. The molecule has 7 heteroatoms. The molecule has 29 heavy (non-hydrogen) atoms. The van der Waals surface area contributed by atoms with E-state index in [0.717, 1.165) is 64.6 Å². The lowest BCUT2D eigenvalue weighted by Gasteiger charge is -2.40. The Morgan fingerprint density at radius 2 is 1.83 bits per heavy atom. The lowest BCUT2D eigenvalue weighted by atomic mass is 10.0. The van der Waals surface area contributed by atoms with E-state index in [2.05, 4.69) is 36.0 Å². The van der Waals surface area contributed by atoms with Crippen LogP contribution >= 0.6 is 0 Å². The molecule has 1 saturated heterocycles. The monoisotopic (exact) mass is 409 g/mol. The first-order valence-electron chi connectivity index (χ1n) is 11.4. The zero-order chi connectivity index (χ0) is 21.4. The van der Waals surface area contributed by atoms with Gasteiger partial charge in [0, 0.05) is 38.8 Å². The van der Waals surface area contributed by atoms with Crippen molar-refractivity contribution in [3.63, 3.8) is 0 Å². The second-order valence-corrected chi connectivity index (χ2v) is 9.43. The van der Waals surface area contributed by atoms with Crippen LogP contribution in [0.25, 0.3) is 0 Å². The number of amides is 1. The van der Waals surface area contributed by atoms with Crippen LogP contribution in [-0.4, -0.2) is 91.3 Å². The molecule has 2 fully saturated rings. The summed E-state index contributed by atoms with van der Waals surface area (Å²) in [5.41, 5.74) is -0.448. The molecular weight excluding hydrogens is 366 g/mol. The van der Waals surface area contributed by atoms with Gasteiger partial charge in [0.25, 0.3) is 0 Å². The van der Waals surface area contributed by atoms with E-state index in [1.807, 2.05) is 25.7 Å². The van der Waals surface area contributed by atoms with E-state index in [9.17, 15) is 4.79 Å². The number of nitrogens with zero attached hydrogens (tertiary/aromatic N) is 4. The van der Waals surface area contributed by atoms with Gasteiger partial charge < -0.3 is 24.8 Å². The van der Waals surface area contributed by atoms with E-state index in [0.29, 0.717) is 5.92 Å². The van der Waals surface area contributed by atoms with Crippen LogP contribution in [0.3, 0.4) is 0 Å². The summed E-state index contributed by atoms with van der Waals surface area (Å²) >= 11 is 0. The number of ether oxygens (including phenoxy) is 1. The molecule has 1 N–H and O–H groups in total. The zero-order valence-corrected chi connectivity index (χ0v) is 19.5. The highest BCUT2D eigenvalue weighted by atomic mass is 16.6. The lowest BCUT2D eigenvalue weighted by molar-refractivity contribution is 0.00928. The van der Waals surface area contributed by atoms with Gasteiger partial charge in [-0.2, -0.15) is 0 Å². The molecule has 2 rings (SSSR count). The Hall–Kier alpha value is -1.50. The fraction of sp³-hybridized carbons (Fsp3) is 0.909. The third kappa shape index (κ3) is 8.41. The molecule has 1 heterocycles. The van der Waals surface area contributed by atoms with E-state index >= 15 is 0 Å². The first kappa shape index (κ1) is 23.8. The molecule has 7 nitrogen and oxygen atoms in total. The summed E-state index contributed by atoms with van der Waals surface area (Å²) in [5, 5.41) is 3.44. The average molecular weight is 410 g/mol. The fourth-order valence-corrected chi connectivity index (χ4v) is 3.57. The fourth-order valence-electron chi connectivity index (χ4n) is 3.57. The molecule has 0 spiro atoms. The SMILES string of the molecule is CCNC(=NCCN(C)CC)N1CCC(N(CC2CC2)C(=O)OC(C)(C)C)CC1. The van der Waals surface area contributed by atoms with Gasteiger partial charge in [-0.25, -0.2) is 4.79 Å². The predicted octanol–water partition coefficient (Wildman–Crippen LogP) is 3.02. The summed E-state index contributed by atoms with van der Waals surface area (Å²) in [6.45, 7) is 16.5. The van der Waals surface area contributed by atoms with Gasteiger partial charge in [0.05, 0.1) is 6.54 Å². The summed E-state index contributed by atoms with van der Waals surface area (Å²) < 4.78 is 5.71. The first-order valence-corrected chi connectivity index (χ1v) is 11.4. The van der Waals surface area contributed by atoms with Crippen LogP contribution in [0, 0.1) is 5.92 Å². The number of likely N-dealkylation sites (N-methyl/N-ethyl adjacent to an activating group) is 1. The number of hydrogen-bond acceptors (Lipinski definition) is 4. The number of rotatable bonds is 8. The largest absolute Gasteiger partial charge is 0.444 e. The minimum Gasteiger partial charge on any atom is -0.444 e. The van der Waals surface area contributed by atoms with E-state index < -0.39 is 5.60 Å². The standard InChI is InChI=1S/C22H43N5O2/c1-7-23-20(24-13-16-25(6)8-2)26-14-11-19(12-15-26)27(17-18-9-10-18)21(28)29-22(3,4)5/h18-19H,7-17H2,1-6H3,(H,23,24). The molecule has 0 aromatic rings. The molecule has 0 aromatic carbocycles. The van der Waals surface area contributed by atoms with E-state index in [4.69, 9.17) is 9.73 Å². The summed E-state index contributed by atoms with van der Waals surface area (Å²) in [6.07, 6.45) is 4.26. The van der Waals surface area contributed by atoms with Crippen molar-refractivity contribution in [3.05, 3.63) is 0 Å². The molecule has 1 aliphatic heterocycles. The molecule has 0 unspecified atom stereocenters. The van der Waals surface area contributed by atoms with Gasteiger partial charge in [-0.3, -0.25) is 4.99 Å². The number of aliphatic imine (C=N–C) groups is 1. The van der Waals surface area contributed by atoms with Crippen LogP contribution in [0.2, 0.25) is 0 Å². The highest BCUT2D eigenvalue weighted by Gasteiger charge is 2.35. The lowest BCUT2D eigenvalue weighted by Crippen LogP contribution is -2.52. The zero-order valence-electron chi connectivity index (χ0n) is 19.5. The van der Waals surface area contributed by atoms with Crippen molar-refractivity contribution in [1.29, 1.82) is 0 Å². The molecule has 0 atom stereocenters. The van der Waals surface area contributed by atoms with Crippen molar-refractivity contribution in [2.24, 2.45) is 10.9 Å². The Labute approximate surface area is 177 Å². The van der Waals surface area contributed by atoms with Crippen LogP contribution in [0.1, 0.15) is 60.3 Å². The first-order chi connectivity index (χ1) is 13.7. The van der Waals surface area contributed by atoms with Crippen LogP contribution in [0.5, 0.6) is 0 Å². The maximum absolute atomic E-state index is 12.8. The van der Waals surface area contributed by atoms with Gasteiger partial charge in [-0.05, 0) is 72.9 Å². The van der Waals surface area contributed by atoms with Crippen molar-refractivity contribution in [2.45, 2.75) is 71.9 Å². The predicted molar refractivity (Wildman–Crippen MR) is 119 cm³/mol. The molecule has 1 saturated carbocycles. The Morgan fingerprint density at radius 1 is 1.17 bits per heavy atom. The maximum atomic E-state index is 12.8. The summed E-state index contributed by atoms with van der Waals surface area (Å²) in [4.78, 5) is 24.3. The second-order valence-electron chi connectivity index (χ2n) is 9.43. The summed E-state index contributed by atoms with van der Waals surface area (Å²) in [5.74, 6) is 1.66. The van der Waals surface area contributed by atoms with Crippen molar-refractivity contribution < 1.29 is 9.53 Å². The topological polar surface area (TPSA) is 60.4 Å². The summed E-state index contributed by atoms with van der Waals surface area (Å²) in [7, 11) is 2.12. The van der Waals surface area contributed by atoms with E-state index in [-0.39, 0.29) is 12.1 Å². The van der Waals surface area contributed by atoms with Gasteiger partial charge in [0.1, 0.15) is 5.60 Å². The Kier molecular flexibility index (Phi) is 9.05. The average Bonchev–Trinajstić information content (AvgIpc) is 3.48. The number of likely N-dealkylation sites (tertiary alicyclic amines) is 1. The maximum Gasteiger partial charge on any atom is 0.410 e. The number of nitrogens with one attached hydrogen (secondary N) is 1. The Bertz CT molecular complexity index is 534. The van der Waals surface area contributed by atoms with Crippen LogP contribution < -0.4 is 5.32 Å². The molecule has 1 aliphatic carbocycles. The van der Waals surface area contributed by atoms with E-state index in [1.165, 1.54) is 12.8 Å². The number of carbonyl (C=O) groups excluding carboxylic acids is 1. The van der Waals surface area contributed by atoms with Crippen molar-refractivity contribution in [1.82, 2.24) is 20.0 Å². The minimum absolute atomic E-state index is 0.147. The second kappa shape index (κ2) is 11.0. The van der Waals surface area contributed by atoms with Gasteiger partial charge in [0.15, 0.2) is 5.96 Å². The van der Waals surface area contributed by atoms with Crippen LogP contribution in [0.4, 0.5) is 4.79 Å². The van der Waals surface area contributed by atoms with Gasteiger partial charge in [-0.15, -0.1) is 0 Å². The quantitative estimate of drug-likeness (QED) is 0.493. The molecule has 0 radical (unpaired) electrons. The van der Waals surface area contributed by atoms with Crippen LogP contribution in [-0.2, 0) is 4.74 Å². The van der Waals surface area contributed by atoms with Crippen LogP contribution in [0.15, 0.2) is 4.99 Å².